The predicted molar refractivity (Wildman–Crippen MR) is 113 cm³/mol. The maximum atomic E-state index is 12.8. The Morgan fingerprint density at radius 3 is 2.55 bits per heavy atom. The topological polar surface area (TPSA) is 61.9 Å². The van der Waals surface area contributed by atoms with E-state index in [0.717, 1.165) is 42.0 Å². The molecule has 1 N–H and O–H groups in total. The zero-order valence-corrected chi connectivity index (χ0v) is 17.2. The second kappa shape index (κ2) is 10.1. The third-order valence-corrected chi connectivity index (χ3v) is 5.16. The minimum absolute atomic E-state index is 0.000668. The number of aryl methyl sites for hydroxylation is 1. The van der Waals surface area contributed by atoms with Crippen LogP contribution in [0.4, 0.5) is 0 Å². The molecule has 0 radical (unpaired) electrons. The number of benzene rings is 2. The summed E-state index contributed by atoms with van der Waals surface area (Å²) >= 11 is 0. The standard InChI is InChI=1S/C23H29N3O3/c1-18-5-3-6-20(15-18)23(28)26-12-4-11-25(13-14-26)17-22(27)24-16-19-7-9-21(29-2)10-8-19/h3,5-10,15H,4,11-14,16-17H2,1-2H3,(H,24,27). The second-order valence-electron chi connectivity index (χ2n) is 7.42. The van der Waals surface area contributed by atoms with E-state index in [4.69, 9.17) is 4.74 Å². The van der Waals surface area contributed by atoms with Crippen LogP contribution in [-0.2, 0) is 11.3 Å². The van der Waals surface area contributed by atoms with Gasteiger partial charge in [0.2, 0.25) is 5.91 Å². The third kappa shape index (κ3) is 6.06. The summed E-state index contributed by atoms with van der Waals surface area (Å²) < 4.78 is 5.14. The number of carbonyl (C=O) groups excluding carboxylic acids is 2. The number of nitrogens with one attached hydrogen (secondary N) is 1. The van der Waals surface area contributed by atoms with Gasteiger partial charge in [-0.25, -0.2) is 0 Å². The molecule has 1 fully saturated rings. The molecule has 2 aromatic carbocycles. The minimum atomic E-state index is -0.000668. The molecule has 1 aliphatic rings. The first-order valence-corrected chi connectivity index (χ1v) is 10.0. The number of carbonyl (C=O) groups is 2. The summed E-state index contributed by atoms with van der Waals surface area (Å²) in [5.41, 5.74) is 2.85. The Kier molecular flexibility index (Phi) is 7.25. The van der Waals surface area contributed by atoms with Crippen molar-refractivity contribution in [2.24, 2.45) is 0 Å². The van der Waals surface area contributed by atoms with Crippen LogP contribution in [0.5, 0.6) is 5.75 Å². The van der Waals surface area contributed by atoms with Crippen LogP contribution in [-0.4, -0.2) is 61.4 Å². The van der Waals surface area contributed by atoms with Crippen LogP contribution >= 0.6 is 0 Å². The van der Waals surface area contributed by atoms with Crippen LogP contribution in [0.3, 0.4) is 0 Å². The first kappa shape index (κ1) is 20.9. The lowest BCUT2D eigenvalue weighted by molar-refractivity contribution is -0.122. The van der Waals surface area contributed by atoms with Gasteiger partial charge in [-0.15, -0.1) is 0 Å². The molecule has 6 heteroatoms. The molecule has 0 aliphatic carbocycles. The van der Waals surface area contributed by atoms with Crippen LogP contribution in [0.1, 0.15) is 27.9 Å². The number of ether oxygens (including phenoxy) is 1. The first-order valence-electron chi connectivity index (χ1n) is 10.0. The molecular formula is C23H29N3O3. The Bertz CT molecular complexity index is 836. The van der Waals surface area contributed by atoms with E-state index in [-0.39, 0.29) is 11.8 Å². The van der Waals surface area contributed by atoms with Gasteiger partial charge in [0.25, 0.3) is 5.91 Å². The normalized spacial score (nSPS) is 14.9. The quantitative estimate of drug-likeness (QED) is 0.816. The highest BCUT2D eigenvalue weighted by Gasteiger charge is 2.21. The van der Waals surface area contributed by atoms with E-state index in [9.17, 15) is 9.59 Å². The van der Waals surface area contributed by atoms with Gasteiger partial charge in [-0.3, -0.25) is 14.5 Å². The minimum Gasteiger partial charge on any atom is -0.497 e. The molecule has 29 heavy (non-hydrogen) atoms. The molecule has 1 saturated heterocycles. The maximum Gasteiger partial charge on any atom is 0.253 e. The van der Waals surface area contributed by atoms with Crippen LogP contribution in [0.15, 0.2) is 48.5 Å². The molecule has 6 nitrogen and oxygen atoms in total. The molecule has 1 heterocycles. The monoisotopic (exact) mass is 395 g/mol. The molecule has 0 bridgehead atoms. The number of rotatable bonds is 6. The van der Waals surface area contributed by atoms with E-state index >= 15 is 0 Å². The molecule has 0 aromatic heterocycles. The van der Waals surface area contributed by atoms with Crippen molar-refractivity contribution >= 4 is 11.8 Å². The first-order chi connectivity index (χ1) is 14.0. The second-order valence-corrected chi connectivity index (χ2v) is 7.42. The summed E-state index contributed by atoms with van der Waals surface area (Å²) in [6.45, 7) is 5.71. The van der Waals surface area contributed by atoms with Crippen LogP contribution < -0.4 is 10.1 Å². The highest BCUT2D eigenvalue weighted by molar-refractivity contribution is 5.94. The molecule has 0 spiro atoms. The van der Waals surface area contributed by atoms with Gasteiger partial charge >= 0.3 is 0 Å². The van der Waals surface area contributed by atoms with Crippen molar-refractivity contribution < 1.29 is 14.3 Å². The average molecular weight is 396 g/mol. The number of nitrogens with zero attached hydrogens (tertiary/aromatic N) is 2. The Morgan fingerprint density at radius 2 is 1.83 bits per heavy atom. The van der Waals surface area contributed by atoms with Crippen LogP contribution in [0.2, 0.25) is 0 Å². The lowest BCUT2D eigenvalue weighted by Crippen LogP contribution is -2.39. The summed E-state index contributed by atoms with van der Waals surface area (Å²) in [5.74, 6) is 0.869. The van der Waals surface area contributed by atoms with E-state index in [1.807, 2.05) is 60.4 Å². The zero-order valence-electron chi connectivity index (χ0n) is 17.2. The number of hydrogen-bond acceptors (Lipinski definition) is 4. The van der Waals surface area contributed by atoms with Crippen molar-refractivity contribution in [1.82, 2.24) is 15.1 Å². The molecule has 154 valence electrons. The van der Waals surface area contributed by atoms with E-state index in [0.29, 0.717) is 26.2 Å². The predicted octanol–water partition coefficient (Wildman–Crippen LogP) is 2.47. The average Bonchev–Trinajstić information content (AvgIpc) is 2.97. The van der Waals surface area contributed by atoms with Crippen molar-refractivity contribution in [1.29, 1.82) is 0 Å². The summed E-state index contributed by atoms with van der Waals surface area (Å²) in [7, 11) is 1.63. The van der Waals surface area contributed by atoms with Gasteiger partial charge in [-0.1, -0.05) is 29.8 Å². The highest BCUT2D eigenvalue weighted by Crippen LogP contribution is 2.12. The van der Waals surface area contributed by atoms with Crippen LogP contribution in [0, 0.1) is 6.92 Å². The Labute approximate surface area is 172 Å². The molecule has 3 rings (SSSR count). The van der Waals surface area contributed by atoms with E-state index < -0.39 is 0 Å². The summed E-state index contributed by atoms with van der Waals surface area (Å²) in [6, 6.07) is 15.4. The van der Waals surface area contributed by atoms with Crippen molar-refractivity contribution in [2.45, 2.75) is 19.9 Å². The van der Waals surface area contributed by atoms with Crippen molar-refractivity contribution in [2.75, 3.05) is 39.8 Å². The third-order valence-electron chi connectivity index (χ3n) is 5.16. The molecule has 0 unspecified atom stereocenters. The molecular weight excluding hydrogens is 366 g/mol. The van der Waals surface area contributed by atoms with Gasteiger partial charge in [-0.05, 0) is 43.2 Å². The largest absolute Gasteiger partial charge is 0.497 e. The SMILES string of the molecule is COc1ccc(CNC(=O)CN2CCCN(C(=O)c3cccc(C)c3)CC2)cc1. The van der Waals surface area contributed by atoms with Gasteiger partial charge in [0.15, 0.2) is 0 Å². The van der Waals surface area contributed by atoms with E-state index in [1.54, 1.807) is 7.11 Å². The fourth-order valence-corrected chi connectivity index (χ4v) is 3.50. The fraction of sp³-hybridized carbons (Fsp3) is 0.391. The Morgan fingerprint density at radius 1 is 1.03 bits per heavy atom. The van der Waals surface area contributed by atoms with Gasteiger partial charge < -0.3 is 15.0 Å². The summed E-state index contributed by atoms with van der Waals surface area (Å²) in [4.78, 5) is 29.1. The Hall–Kier alpha value is -2.86. The maximum absolute atomic E-state index is 12.8. The van der Waals surface area contributed by atoms with E-state index in [2.05, 4.69) is 10.2 Å². The molecule has 2 aromatic rings. The van der Waals surface area contributed by atoms with Crippen LogP contribution in [0.25, 0.3) is 0 Å². The molecule has 2 amide bonds. The van der Waals surface area contributed by atoms with Gasteiger partial charge in [-0.2, -0.15) is 0 Å². The van der Waals surface area contributed by atoms with Crippen molar-refractivity contribution in [3.63, 3.8) is 0 Å². The smallest absolute Gasteiger partial charge is 0.253 e. The number of methoxy groups -OCH3 is 1. The molecule has 0 saturated carbocycles. The highest BCUT2D eigenvalue weighted by atomic mass is 16.5. The van der Waals surface area contributed by atoms with Crippen molar-refractivity contribution in [3.8, 4) is 5.75 Å². The fourth-order valence-electron chi connectivity index (χ4n) is 3.50. The van der Waals surface area contributed by atoms with Gasteiger partial charge in [0, 0.05) is 38.3 Å². The Balaban J connectivity index is 1.46. The zero-order chi connectivity index (χ0) is 20.6. The van der Waals surface area contributed by atoms with E-state index in [1.165, 1.54) is 0 Å². The number of hydrogen-bond donors (Lipinski definition) is 1. The van der Waals surface area contributed by atoms with Crippen molar-refractivity contribution in [3.05, 3.63) is 65.2 Å². The lowest BCUT2D eigenvalue weighted by Gasteiger charge is -2.22. The van der Waals surface area contributed by atoms with Gasteiger partial charge in [0.05, 0.1) is 13.7 Å². The molecule has 1 aliphatic heterocycles. The summed E-state index contributed by atoms with van der Waals surface area (Å²) in [5, 5.41) is 2.97. The molecule has 0 atom stereocenters. The van der Waals surface area contributed by atoms with Gasteiger partial charge in [0.1, 0.15) is 5.75 Å². The lowest BCUT2D eigenvalue weighted by atomic mass is 10.1. The summed E-state index contributed by atoms with van der Waals surface area (Å²) in [6.07, 6.45) is 0.864. The number of amides is 2.